The monoisotopic (exact) mass is 546 g/mol. The third-order valence-electron chi connectivity index (χ3n) is 7.19. The molecular formula is C32H52BrP. The summed E-state index contributed by atoms with van der Waals surface area (Å²) >= 11 is 0. The number of hydrogen-bond donors (Lipinski definition) is 0. The van der Waals surface area contributed by atoms with Crippen LogP contribution in [0.25, 0.3) is 0 Å². The van der Waals surface area contributed by atoms with Crippen molar-refractivity contribution in [1.29, 1.82) is 0 Å². The molecular weight excluding hydrogens is 495 g/mol. The fraction of sp³-hybridized carbons (Fsp3) is 0.625. The lowest BCUT2D eigenvalue weighted by Gasteiger charge is -2.29. The first-order valence-corrected chi connectivity index (χ1v) is 16.7. The lowest BCUT2D eigenvalue weighted by Crippen LogP contribution is -3.00. The van der Waals surface area contributed by atoms with E-state index in [-0.39, 0.29) is 17.0 Å². The molecule has 0 aliphatic carbocycles. The number of unbranched alkanes of at least 4 members (excludes halogenated alkanes) is 12. The topological polar surface area (TPSA) is 0 Å². The molecule has 0 aromatic heterocycles. The van der Waals surface area contributed by atoms with Crippen molar-refractivity contribution in [2.45, 2.75) is 116 Å². The van der Waals surface area contributed by atoms with Crippen LogP contribution in [0.4, 0.5) is 0 Å². The highest BCUT2D eigenvalue weighted by Crippen LogP contribution is 2.65. The predicted molar refractivity (Wildman–Crippen MR) is 153 cm³/mol. The Kier molecular flexibility index (Phi) is 19.0. The zero-order valence-electron chi connectivity index (χ0n) is 22.3. The highest BCUT2D eigenvalue weighted by atomic mass is 79.9. The minimum Gasteiger partial charge on any atom is -1.00 e. The van der Waals surface area contributed by atoms with Crippen LogP contribution in [-0.2, 0) is 12.3 Å². The van der Waals surface area contributed by atoms with Crippen molar-refractivity contribution in [3.05, 3.63) is 71.8 Å². The van der Waals surface area contributed by atoms with Crippen molar-refractivity contribution in [3.63, 3.8) is 0 Å². The fourth-order valence-corrected chi connectivity index (χ4v) is 9.96. The highest BCUT2D eigenvalue weighted by Gasteiger charge is 2.36. The van der Waals surface area contributed by atoms with E-state index in [9.17, 15) is 0 Å². The summed E-state index contributed by atoms with van der Waals surface area (Å²) in [6.45, 7) is 4.63. The molecule has 34 heavy (non-hydrogen) atoms. The summed E-state index contributed by atoms with van der Waals surface area (Å²) in [4.78, 5) is 0. The van der Waals surface area contributed by atoms with Crippen molar-refractivity contribution in [2.24, 2.45) is 0 Å². The molecule has 0 atom stereocenters. The summed E-state index contributed by atoms with van der Waals surface area (Å²) in [5, 5.41) is 0. The van der Waals surface area contributed by atoms with Gasteiger partial charge in [-0.3, -0.25) is 0 Å². The zero-order valence-corrected chi connectivity index (χ0v) is 24.8. The standard InChI is InChI=1S/C32H52P.BrH/c1-3-5-7-9-11-13-21-27-33(29-31-23-17-15-18-24-31,30-32-25-19-16-20-26-32)28-22-14-12-10-8-6-4-2;/h15-20,23-26H,3-14,21-22,27-30H2,1-2H3;1H/q+1;/p-1. The van der Waals surface area contributed by atoms with Gasteiger partial charge in [0.25, 0.3) is 0 Å². The first kappa shape index (κ1) is 31.4. The second-order valence-corrected chi connectivity index (χ2v) is 14.5. The molecule has 0 saturated carbocycles. The quantitative estimate of drug-likeness (QED) is 0.117. The maximum absolute atomic E-state index is 2.38. The van der Waals surface area contributed by atoms with Gasteiger partial charge in [0.05, 0.1) is 24.6 Å². The molecule has 0 bridgehead atoms. The Morgan fingerprint density at radius 1 is 0.441 bits per heavy atom. The third-order valence-corrected chi connectivity index (χ3v) is 11.8. The van der Waals surface area contributed by atoms with Crippen LogP contribution in [-0.4, -0.2) is 12.3 Å². The van der Waals surface area contributed by atoms with Crippen molar-refractivity contribution in [2.75, 3.05) is 12.3 Å². The lowest BCUT2D eigenvalue weighted by atomic mass is 10.1. The first-order chi connectivity index (χ1) is 16.3. The van der Waals surface area contributed by atoms with E-state index in [0.717, 1.165) is 0 Å². The molecule has 0 aliphatic heterocycles. The van der Waals surface area contributed by atoms with Crippen LogP contribution in [0.3, 0.4) is 0 Å². The molecule has 192 valence electrons. The van der Waals surface area contributed by atoms with Crippen LogP contribution >= 0.6 is 7.26 Å². The average molecular weight is 548 g/mol. The molecule has 0 aliphatic rings. The van der Waals surface area contributed by atoms with Gasteiger partial charge in [-0.1, -0.05) is 139 Å². The molecule has 2 aromatic carbocycles. The van der Waals surface area contributed by atoms with Gasteiger partial charge in [-0.15, -0.1) is 0 Å². The molecule has 0 fully saturated rings. The summed E-state index contributed by atoms with van der Waals surface area (Å²) in [5.41, 5.74) is 3.15. The highest BCUT2D eigenvalue weighted by molar-refractivity contribution is 7.74. The van der Waals surface area contributed by atoms with Gasteiger partial charge in [-0.05, 0) is 36.8 Å². The molecule has 0 N–H and O–H groups in total. The van der Waals surface area contributed by atoms with Crippen molar-refractivity contribution in [1.82, 2.24) is 0 Å². The van der Waals surface area contributed by atoms with E-state index >= 15 is 0 Å². The van der Waals surface area contributed by atoms with Gasteiger partial charge in [0.15, 0.2) is 0 Å². The molecule has 2 aromatic rings. The van der Waals surface area contributed by atoms with Crippen LogP contribution in [0.1, 0.15) is 115 Å². The summed E-state index contributed by atoms with van der Waals surface area (Å²) in [6, 6.07) is 22.9. The first-order valence-electron chi connectivity index (χ1n) is 14.2. The van der Waals surface area contributed by atoms with E-state index < -0.39 is 7.26 Å². The van der Waals surface area contributed by atoms with Gasteiger partial charge in [-0.2, -0.15) is 0 Å². The molecule has 0 nitrogen and oxygen atoms in total. The molecule has 0 saturated heterocycles. The summed E-state index contributed by atoms with van der Waals surface area (Å²) in [7, 11) is -1.06. The molecule has 0 amide bonds. The van der Waals surface area contributed by atoms with E-state index in [1.807, 2.05) is 0 Å². The summed E-state index contributed by atoms with van der Waals surface area (Å²) in [5.74, 6) is 0. The van der Waals surface area contributed by atoms with Crippen LogP contribution in [0.2, 0.25) is 0 Å². The smallest absolute Gasteiger partial charge is 0.0846 e. The summed E-state index contributed by atoms with van der Waals surface area (Å²) < 4.78 is 0. The Hall–Kier alpha value is -0.650. The third kappa shape index (κ3) is 14.0. The average Bonchev–Trinajstić information content (AvgIpc) is 2.84. The Morgan fingerprint density at radius 2 is 0.765 bits per heavy atom. The Balaban J connectivity index is 0.00000578. The summed E-state index contributed by atoms with van der Waals surface area (Å²) in [6.07, 6.45) is 25.6. The predicted octanol–water partition coefficient (Wildman–Crippen LogP) is 7.91. The van der Waals surface area contributed by atoms with Crippen molar-refractivity contribution >= 4 is 7.26 Å². The normalized spacial score (nSPS) is 11.4. The minimum absolute atomic E-state index is 0. The van der Waals surface area contributed by atoms with Crippen LogP contribution in [0.15, 0.2) is 60.7 Å². The SMILES string of the molecule is CCCCCCCCC[P+](CCCCCCCCC)(Cc1ccccc1)Cc1ccccc1.[Br-]. The Morgan fingerprint density at radius 3 is 1.12 bits per heavy atom. The van der Waals surface area contributed by atoms with E-state index in [1.54, 1.807) is 11.1 Å². The molecule has 2 heteroatoms. The minimum atomic E-state index is -1.06. The van der Waals surface area contributed by atoms with Gasteiger partial charge in [0, 0.05) is 7.26 Å². The van der Waals surface area contributed by atoms with E-state index in [2.05, 4.69) is 74.5 Å². The molecule has 2 rings (SSSR count). The number of halogens is 1. The van der Waals surface area contributed by atoms with Crippen LogP contribution < -0.4 is 17.0 Å². The number of benzene rings is 2. The lowest BCUT2D eigenvalue weighted by molar-refractivity contribution is -0.00000722. The second kappa shape index (κ2) is 20.5. The number of rotatable bonds is 20. The van der Waals surface area contributed by atoms with Gasteiger partial charge >= 0.3 is 0 Å². The van der Waals surface area contributed by atoms with Gasteiger partial charge in [-0.25, -0.2) is 0 Å². The van der Waals surface area contributed by atoms with Gasteiger partial charge < -0.3 is 17.0 Å². The van der Waals surface area contributed by atoms with E-state index in [1.165, 1.54) is 115 Å². The van der Waals surface area contributed by atoms with E-state index in [4.69, 9.17) is 0 Å². The maximum atomic E-state index is 2.38. The van der Waals surface area contributed by atoms with Crippen LogP contribution in [0.5, 0.6) is 0 Å². The van der Waals surface area contributed by atoms with Crippen LogP contribution in [0, 0.1) is 0 Å². The van der Waals surface area contributed by atoms with Crippen molar-refractivity contribution in [3.8, 4) is 0 Å². The number of hydrogen-bond acceptors (Lipinski definition) is 0. The molecule has 0 radical (unpaired) electrons. The van der Waals surface area contributed by atoms with Gasteiger partial charge in [0.1, 0.15) is 0 Å². The van der Waals surface area contributed by atoms with E-state index in [0.29, 0.717) is 0 Å². The van der Waals surface area contributed by atoms with Gasteiger partial charge in [0.2, 0.25) is 0 Å². The second-order valence-electron chi connectivity index (χ2n) is 10.3. The molecule has 0 heterocycles. The fourth-order valence-electron chi connectivity index (χ4n) is 5.23. The zero-order chi connectivity index (χ0) is 23.5. The maximum Gasteiger partial charge on any atom is 0.0846 e. The van der Waals surface area contributed by atoms with Crippen molar-refractivity contribution < 1.29 is 17.0 Å². The Labute approximate surface area is 223 Å². The largest absolute Gasteiger partial charge is 1.00 e. The molecule has 0 unspecified atom stereocenters. The Bertz CT molecular complexity index is 623. The molecule has 0 spiro atoms.